The lowest BCUT2D eigenvalue weighted by Gasteiger charge is -2.35. The number of nitrogens with one attached hydrogen (secondary N) is 1. The molecule has 2 atom stereocenters. The average molecular weight is 465 g/mol. The highest BCUT2D eigenvalue weighted by atomic mass is 35.5. The van der Waals surface area contributed by atoms with Gasteiger partial charge in [-0.2, -0.15) is 4.39 Å². The van der Waals surface area contributed by atoms with Crippen LogP contribution in [0.4, 0.5) is 16.0 Å². The van der Waals surface area contributed by atoms with Gasteiger partial charge in [-0.1, -0.05) is 23.7 Å². The first-order chi connectivity index (χ1) is 15.2. The lowest BCUT2D eigenvalue weighted by molar-refractivity contribution is -0.120. The number of piperidine rings is 1. The first kappa shape index (κ1) is 24.2. The standard InChI is InChI=1S/C22H30ClFN6O2/c1-14(2)30(10-15-4-3-5-17(23)8-15)22-20(24)21(27-13-28-22)26-9-16-6-7-29(11-18(16)31)12-19(25)32/h3-5,8,13-14,16,18,31H,6-7,9-12H2,1-2H3,(H2,25,32)(H,26,27,28). The van der Waals surface area contributed by atoms with Crippen molar-refractivity contribution in [3.63, 3.8) is 0 Å². The van der Waals surface area contributed by atoms with Crippen molar-refractivity contribution in [2.45, 2.75) is 39.0 Å². The summed E-state index contributed by atoms with van der Waals surface area (Å²) in [6.07, 6.45) is 1.35. The molecule has 32 heavy (non-hydrogen) atoms. The van der Waals surface area contributed by atoms with Crippen molar-refractivity contribution in [1.29, 1.82) is 0 Å². The van der Waals surface area contributed by atoms with E-state index in [1.165, 1.54) is 6.33 Å². The Labute approximate surface area is 192 Å². The molecule has 2 aromatic rings. The van der Waals surface area contributed by atoms with Crippen LogP contribution in [0.1, 0.15) is 25.8 Å². The zero-order chi connectivity index (χ0) is 23.3. The Morgan fingerprint density at radius 2 is 2.22 bits per heavy atom. The van der Waals surface area contributed by atoms with Crippen molar-refractivity contribution in [1.82, 2.24) is 14.9 Å². The van der Waals surface area contributed by atoms with Crippen LogP contribution >= 0.6 is 11.6 Å². The van der Waals surface area contributed by atoms with Crippen LogP contribution in [-0.2, 0) is 11.3 Å². The Morgan fingerprint density at radius 3 is 2.88 bits per heavy atom. The molecule has 1 amide bonds. The molecule has 0 radical (unpaired) electrons. The second kappa shape index (κ2) is 10.9. The zero-order valence-electron chi connectivity index (χ0n) is 18.3. The lowest BCUT2D eigenvalue weighted by atomic mass is 9.93. The number of carbonyl (C=O) groups is 1. The summed E-state index contributed by atoms with van der Waals surface area (Å²) in [4.78, 5) is 23.0. The number of primary amides is 1. The molecular weight excluding hydrogens is 435 g/mol. The van der Waals surface area contributed by atoms with Crippen LogP contribution < -0.4 is 16.0 Å². The number of β-amino-alcohol motifs (C(OH)–C–C–N with tert-alkyl or cyclic N) is 1. The number of anilines is 2. The summed E-state index contributed by atoms with van der Waals surface area (Å²) in [6, 6.07) is 7.43. The highest BCUT2D eigenvalue weighted by Gasteiger charge is 2.29. The van der Waals surface area contributed by atoms with Crippen LogP contribution in [0.5, 0.6) is 0 Å². The highest BCUT2D eigenvalue weighted by Crippen LogP contribution is 2.26. The number of rotatable bonds is 9. The first-order valence-corrected chi connectivity index (χ1v) is 11.1. The molecule has 1 aromatic carbocycles. The Hall–Kier alpha value is -2.49. The van der Waals surface area contributed by atoms with Gasteiger partial charge in [0.15, 0.2) is 11.6 Å². The molecule has 1 saturated heterocycles. The molecule has 2 heterocycles. The second-order valence-electron chi connectivity index (χ2n) is 8.41. The normalized spacial score (nSPS) is 19.2. The predicted octanol–water partition coefficient (Wildman–Crippen LogP) is 2.26. The van der Waals surface area contributed by atoms with Crippen molar-refractivity contribution in [2.24, 2.45) is 11.7 Å². The van der Waals surface area contributed by atoms with Gasteiger partial charge in [0, 0.05) is 36.6 Å². The van der Waals surface area contributed by atoms with Gasteiger partial charge in [0.05, 0.1) is 12.6 Å². The molecule has 0 aliphatic carbocycles. The number of hydrogen-bond donors (Lipinski definition) is 3. The maximum atomic E-state index is 15.3. The van der Waals surface area contributed by atoms with Crippen molar-refractivity contribution in [2.75, 3.05) is 36.4 Å². The summed E-state index contributed by atoms with van der Waals surface area (Å²) in [5.74, 6) is -0.752. The predicted molar refractivity (Wildman–Crippen MR) is 123 cm³/mol. The van der Waals surface area contributed by atoms with Gasteiger partial charge in [-0.3, -0.25) is 9.69 Å². The Kier molecular flexibility index (Phi) is 8.22. The van der Waals surface area contributed by atoms with E-state index in [4.69, 9.17) is 17.3 Å². The molecule has 0 spiro atoms. The topological polar surface area (TPSA) is 108 Å². The van der Waals surface area contributed by atoms with Crippen LogP contribution in [0.15, 0.2) is 30.6 Å². The van der Waals surface area contributed by atoms with Gasteiger partial charge in [0.2, 0.25) is 11.7 Å². The van der Waals surface area contributed by atoms with E-state index in [-0.39, 0.29) is 30.1 Å². The minimum absolute atomic E-state index is 0.0114. The highest BCUT2D eigenvalue weighted by molar-refractivity contribution is 6.30. The van der Waals surface area contributed by atoms with Crippen LogP contribution in [0.3, 0.4) is 0 Å². The smallest absolute Gasteiger partial charge is 0.231 e. The van der Waals surface area contributed by atoms with E-state index in [1.54, 1.807) is 6.07 Å². The lowest BCUT2D eigenvalue weighted by Crippen LogP contribution is -2.48. The number of amides is 1. The van der Waals surface area contributed by atoms with Gasteiger partial charge in [-0.25, -0.2) is 9.97 Å². The molecule has 10 heteroatoms. The maximum absolute atomic E-state index is 15.3. The van der Waals surface area contributed by atoms with Crippen LogP contribution in [0, 0.1) is 11.7 Å². The molecule has 174 valence electrons. The minimum atomic E-state index is -0.644. The monoisotopic (exact) mass is 464 g/mol. The number of carbonyl (C=O) groups excluding carboxylic acids is 1. The molecule has 8 nitrogen and oxygen atoms in total. The Balaban J connectivity index is 1.68. The second-order valence-corrected chi connectivity index (χ2v) is 8.85. The molecule has 2 unspecified atom stereocenters. The zero-order valence-corrected chi connectivity index (χ0v) is 19.1. The molecule has 4 N–H and O–H groups in total. The number of aliphatic hydroxyl groups is 1. The van der Waals surface area contributed by atoms with Crippen LogP contribution in [0.25, 0.3) is 0 Å². The first-order valence-electron chi connectivity index (χ1n) is 10.7. The van der Waals surface area contributed by atoms with Gasteiger partial charge in [0.1, 0.15) is 6.33 Å². The van der Waals surface area contributed by atoms with E-state index < -0.39 is 17.8 Å². The maximum Gasteiger partial charge on any atom is 0.231 e. The third kappa shape index (κ3) is 6.27. The summed E-state index contributed by atoms with van der Waals surface area (Å²) in [5, 5.41) is 14.1. The van der Waals surface area contributed by atoms with Gasteiger partial charge in [-0.05, 0) is 44.5 Å². The number of aliphatic hydroxyl groups excluding tert-OH is 1. The fourth-order valence-electron chi connectivity index (χ4n) is 3.89. The molecule has 1 aromatic heterocycles. The fraction of sp³-hybridized carbons (Fsp3) is 0.500. The Morgan fingerprint density at radius 1 is 1.44 bits per heavy atom. The average Bonchev–Trinajstić information content (AvgIpc) is 2.72. The Bertz CT molecular complexity index is 931. The number of hydrogen-bond acceptors (Lipinski definition) is 7. The number of halogens is 2. The molecular formula is C22H30ClFN6O2. The van der Waals surface area contributed by atoms with E-state index in [0.29, 0.717) is 37.6 Å². The van der Waals surface area contributed by atoms with Gasteiger partial charge in [-0.15, -0.1) is 0 Å². The quantitative estimate of drug-likeness (QED) is 0.522. The van der Waals surface area contributed by atoms with Crippen molar-refractivity contribution in [3.05, 3.63) is 47.0 Å². The molecule has 0 saturated carbocycles. The summed E-state index contributed by atoms with van der Waals surface area (Å²) >= 11 is 6.10. The van der Waals surface area contributed by atoms with E-state index in [0.717, 1.165) is 5.56 Å². The largest absolute Gasteiger partial charge is 0.391 e. The number of aromatic nitrogens is 2. The molecule has 1 aliphatic rings. The minimum Gasteiger partial charge on any atom is -0.391 e. The molecule has 1 fully saturated rings. The third-order valence-corrected chi connectivity index (χ3v) is 5.86. The van der Waals surface area contributed by atoms with Gasteiger partial charge < -0.3 is 21.1 Å². The number of nitrogens with two attached hydrogens (primary N) is 1. The number of nitrogens with zero attached hydrogens (tertiary/aromatic N) is 4. The van der Waals surface area contributed by atoms with Crippen LogP contribution in [0.2, 0.25) is 5.02 Å². The molecule has 3 rings (SSSR count). The van der Waals surface area contributed by atoms with E-state index in [2.05, 4.69) is 15.3 Å². The molecule has 0 bridgehead atoms. The van der Waals surface area contributed by atoms with E-state index in [9.17, 15) is 9.90 Å². The van der Waals surface area contributed by atoms with Crippen molar-refractivity contribution < 1.29 is 14.3 Å². The van der Waals surface area contributed by atoms with Crippen molar-refractivity contribution >= 4 is 29.1 Å². The number of likely N-dealkylation sites (tertiary alicyclic amines) is 1. The van der Waals surface area contributed by atoms with Crippen LogP contribution in [-0.4, -0.2) is 64.2 Å². The molecule has 1 aliphatic heterocycles. The van der Waals surface area contributed by atoms with E-state index in [1.807, 2.05) is 41.8 Å². The summed E-state index contributed by atoms with van der Waals surface area (Å²) in [7, 11) is 0. The SMILES string of the molecule is CC(C)N(Cc1cccc(Cl)c1)c1ncnc(NCC2CCN(CC(N)=O)CC2O)c1F. The van der Waals surface area contributed by atoms with Gasteiger partial charge >= 0.3 is 0 Å². The summed E-state index contributed by atoms with van der Waals surface area (Å²) < 4.78 is 15.3. The summed E-state index contributed by atoms with van der Waals surface area (Å²) in [5.41, 5.74) is 6.18. The third-order valence-electron chi connectivity index (χ3n) is 5.63. The van der Waals surface area contributed by atoms with Gasteiger partial charge in [0.25, 0.3) is 0 Å². The summed E-state index contributed by atoms with van der Waals surface area (Å²) in [6.45, 7) is 5.86. The van der Waals surface area contributed by atoms with Crippen molar-refractivity contribution in [3.8, 4) is 0 Å². The van der Waals surface area contributed by atoms with E-state index >= 15 is 4.39 Å². The fourth-order valence-corrected chi connectivity index (χ4v) is 4.11. The number of benzene rings is 1.